The van der Waals surface area contributed by atoms with E-state index < -0.39 is 25.6 Å². The van der Waals surface area contributed by atoms with Crippen LogP contribution in [0.3, 0.4) is 0 Å². The molecule has 0 spiro atoms. The number of fused-ring (bicyclic) bond motifs is 2. The average molecular weight is 333 g/mol. The zero-order valence-corrected chi connectivity index (χ0v) is 14.8. The van der Waals surface area contributed by atoms with E-state index in [0.29, 0.717) is 18.4 Å². The summed E-state index contributed by atoms with van der Waals surface area (Å²) in [4.78, 5) is 13.0. The standard InChI is InChI=1S/C18H23NO3S/c1-12-5-7-13(8-6-12)11-14-15(20)17(4)9-10-18(14,16(17,2)3)23(19,21)22/h5-8,11H,9-10H2,1-4H3,(H2,19,21,22)/b14-11+. The molecule has 4 nitrogen and oxygen atoms in total. The third-order valence-electron chi connectivity index (χ3n) is 6.42. The minimum atomic E-state index is -3.92. The third-order valence-corrected chi connectivity index (χ3v) is 8.33. The lowest BCUT2D eigenvalue weighted by Crippen LogP contribution is -2.50. The zero-order chi connectivity index (χ0) is 17.3. The van der Waals surface area contributed by atoms with E-state index in [1.807, 2.05) is 52.0 Å². The fourth-order valence-corrected chi connectivity index (χ4v) is 6.29. The van der Waals surface area contributed by atoms with Crippen LogP contribution < -0.4 is 5.14 Å². The topological polar surface area (TPSA) is 77.2 Å². The number of aryl methyl sites for hydroxylation is 1. The maximum Gasteiger partial charge on any atom is 0.219 e. The van der Waals surface area contributed by atoms with Gasteiger partial charge in [0.05, 0.1) is 0 Å². The van der Waals surface area contributed by atoms with Gasteiger partial charge in [0, 0.05) is 16.4 Å². The zero-order valence-electron chi connectivity index (χ0n) is 14.0. The first-order valence-electron chi connectivity index (χ1n) is 7.83. The summed E-state index contributed by atoms with van der Waals surface area (Å²) < 4.78 is 23.8. The Balaban J connectivity index is 2.28. The molecule has 0 heterocycles. The van der Waals surface area contributed by atoms with Crippen molar-refractivity contribution in [3.8, 4) is 0 Å². The van der Waals surface area contributed by atoms with Crippen LogP contribution in [0.2, 0.25) is 0 Å². The average Bonchev–Trinajstić information content (AvgIpc) is 2.72. The molecule has 2 aliphatic rings. The normalized spacial score (nSPS) is 34.3. The number of benzene rings is 1. The molecule has 1 aromatic carbocycles. The van der Waals surface area contributed by atoms with Crippen molar-refractivity contribution in [2.45, 2.75) is 45.3 Å². The maximum atomic E-state index is 13.0. The third kappa shape index (κ3) is 1.81. The van der Waals surface area contributed by atoms with E-state index in [1.165, 1.54) is 0 Å². The Morgan fingerprint density at radius 3 is 2.17 bits per heavy atom. The molecule has 0 radical (unpaired) electrons. The molecule has 2 aliphatic carbocycles. The predicted molar refractivity (Wildman–Crippen MR) is 91.1 cm³/mol. The number of nitrogens with two attached hydrogens (primary N) is 1. The minimum Gasteiger partial charge on any atom is -0.294 e. The summed E-state index contributed by atoms with van der Waals surface area (Å²) in [5, 5.41) is 5.66. The number of carbonyl (C=O) groups excluding carboxylic acids is 1. The van der Waals surface area contributed by atoms with Crippen molar-refractivity contribution in [2.75, 3.05) is 0 Å². The number of Topliss-reactive ketones (excluding diaryl/α,β-unsaturated/α-hetero) is 1. The fraction of sp³-hybridized carbons (Fsp3) is 0.500. The highest BCUT2D eigenvalue weighted by Crippen LogP contribution is 2.70. The summed E-state index contributed by atoms with van der Waals surface area (Å²) in [6.45, 7) is 7.57. The molecule has 2 fully saturated rings. The number of ketones is 1. The van der Waals surface area contributed by atoms with Crippen LogP contribution >= 0.6 is 0 Å². The van der Waals surface area contributed by atoms with Gasteiger partial charge in [0.25, 0.3) is 0 Å². The van der Waals surface area contributed by atoms with Crippen LogP contribution in [0.1, 0.15) is 44.7 Å². The number of rotatable bonds is 2. The van der Waals surface area contributed by atoms with Crippen molar-refractivity contribution >= 4 is 21.9 Å². The molecule has 0 aliphatic heterocycles. The molecule has 2 bridgehead atoms. The molecule has 2 N–H and O–H groups in total. The van der Waals surface area contributed by atoms with Crippen molar-refractivity contribution < 1.29 is 13.2 Å². The van der Waals surface area contributed by atoms with Gasteiger partial charge in [-0.2, -0.15) is 0 Å². The van der Waals surface area contributed by atoms with Gasteiger partial charge in [-0.3, -0.25) is 4.79 Å². The van der Waals surface area contributed by atoms with E-state index in [0.717, 1.165) is 11.1 Å². The van der Waals surface area contributed by atoms with Crippen LogP contribution in [0.15, 0.2) is 29.8 Å². The summed E-state index contributed by atoms with van der Waals surface area (Å²) in [6, 6.07) is 7.68. The van der Waals surface area contributed by atoms with E-state index >= 15 is 0 Å². The van der Waals surface area contributed by atoms with E-state index in [4.69, 9.17) is 5.14 Å². The number of sulfonamides is 1. The van der Waals surface area contributed by atoms with Crippen molar-refractivity contribution in [1.29, 1.82) is 0 Å². The van der Waals surface area contributed by atoms with Crippen molar-refractivity contribution in [1.82, 2.24) is 0 Å². The SMILES string of the molecule is Cc1ccc(/C=C2\C(=O)C3(C)CCC2(S(N)(=O)=O)C3(C)C)cc1. The lowest BCUT2D eigenvalue weighted by molar-refractivity contribution is -0.125. The molecule has 3 rings (SSSR count). The monoisotopic (exact) mass is 333 g/mol. The predicted octanol–water partition coefficient (Wildman–Crippen LogP) is 2.81. The first kappa shape index (κ1) is 16.4. The molecule has 5 heteroatoms. The number of primary sulfonamides is 1. The van der Waals surface area contributed by atoms with Gasteiger partial charge >= 0.3 is 0 Å². The molecule has 23 heavy (non-hydrogen) atoms. The Labute approximate surface area is 137 Å². The van der Waals surface area contributed by atoms with E-state index in [1.54, 1.807) is 6.08 Å². The lowest BCUT2D eigenvalue weighted by atomic mass is 9.70. The van der Waals surface area contributed by atoms with Gasteiger partial charge < -0.3 is 0 Å². The number of hydrogen-bond acceptors (Lipinski definition) is 3. The van der Waals surface area contributed by atoms with Gasteiger partial charge in [-0.25, -0.2) is 13.6 Å². The number of carbonyl (C=O) groups is 1. The summed E-state index contributed by atoms with van der Waals surface area (Å²) in [5.74, 6) is -0.0802. The molecule has 1 aromatic rings. The quantitative estimate of drug-likeness (QED) is 0.845. The van der Waals surface area contributed by atoms with Crippen LogP contribution in [0, 0.1) is 17.8 Å². The Morgan fingerprint density at radius 1 is 1.09 bits per heavy atom. The van der Waals surface area contributed by atoms with Gasteiger partial charge in [-0.15, -0.1) is 0 Å². The second kappa shape index (κ2) is 4.54. The van der Waals surface area contributed by atoms with E-state index in [2.05, 4.69) is 0 Å². The minimum absolute atomic E-state index is 0.0802. The number of hydrogen-bond donors (Lipinski definition) is 1. The second-order valence-electron chi connectivity index (χ2n) is 7.63. The van der Waals surface area contributed by atoms with Crippen LogP contribution in [-0.4, -0.2) is 18.9 Å². The highest BCUT2D eigenvalue weighted by Gasteiger charge is 2.76. The lowest BCUT2D eigenvalue weighted by Gasteiger charge is -2.38. The molecule has 2 atom stereocenters. The van der Waals surface area contributed by atoms with Gasteiger partial charge in [0.15, 0.2) is 5.78 Å². The Bertz CT molecular complexity index is 820. The van der Waals surface area contributed by atoms with Crippen LogP contribution in [0.25, 0.3) is 6.08 Å². The molecular weight excluding hydrogens is 310 g/mol. The fourth-order valence-electron chi connectivity index (χ4n) is 4.51. The van der Waals surface area contributed by atoms with Gasteiger partial charge in [0.1, 0.15) is 4.75 Å². The van der Waals surface area contributed by atoms with E-state index in [9.17, 15) is 13.2 Å². The van der Waals surface area contributed by atoms with Gasteiger partial charge in [-0.05, 0) is 31.4 Å². The van der Waals surface area contributed by atoms with E-state index in [-0.39, 0.29) is 5.78 Å². The van der Waals surface area contributed by atoms with Crippen LogP contribution in [-0.2, 0) is 14.8 Å². The molecule has 0 aromatic heterocycles. The van der Waals surface area contributed by atoms with Gasteiger partial charge in [-0.1, -0.05) is 50.6 Å². The maximum absolute atomic E-state index is 13.0. The summed E-state index contributed by atoms with van der Waals surface area (Å²) in [6.07, 6.45) is 2.68. The first-order valence-corrected chi connectivity index (χ1v) is 9.38. The summed E-state index contributed by atoms with van der Waals surface area (Å²) in [7, 11) is -3.92. The molecule has 124 valence electrons. The van der Waals surface area contributed by atoms with Crippen molar-refractivity contribution in [3.63, 3.8) is 0 Å². The van der Waals surface area contributed by atoms with Gasteiger partial charge in [0.2, 0.25) is 10.0 Å². The molecule has 0 saturated heterocycles. The van der Waals surface area contributed by atoms with Crippen LogP contribution in [0.4, 0.5) is 0 Å². The summed E-state index contributed by atoms with van der Waals surface area (Å²) >= 11 is 0. The molecule has 2 saturated carbocycles. The Morgan fingerprint density at radius 2 is 1.65 bits per heavy atom. The summed E-state index contributed by atoms with van der Waals surface area (Å²) in [5.41, 5.74) is 0.883. The second-order valence-corrected chi connectivity index (χ2v) is 9.41. The molecule has 0 amide bonds. The smallest absolute Gasteiger partial charge is 0.219 e. The van der Waals surface area contributed by atoms with Crippen molar-refractivity contribution in [3.05, 3.63) is 41.0 Å². The highest BCUT2D eigenvalue weighted by molar-refractivity contribution is 7.91. The first-order chi connectivity index (χ1) is 10.5. The Kier molecular flexibility index (Phi) is 3.24. The molecular formula is C18H23NO3S. The highest BCUT2D eigenvalue weighted by atomic mass is 32.2. The van der Waals surface area contributed by atoms with Crippen LogP contribution in [0.5, 0.6) is 0 Å². The Hall–Kier alpha value is -1.46. The van der Waals surface area contributed by atoms with Crippen molar-refractivity contribution in [2.24, 2.45) is 16.0 Å². The molecule has 2 unspecified atom stereocenters. The largest absolute Gasteiger partial charge is 0.294 e.